The molecule has 0 spiro atoms. The Hall–Kier alpha value is 0.177. The quantitative estimate of drug-likeness (QED) is 0.584. The number of hydrogen-bond donors (Lipinski definition) is 1. The Balaban J connectivity index is 1.95. The van der Waals surface area contributed by atoms with Crippen LogP contribution >= 0.6 is 0 Å². The van der Waals surface area contributed by atoms with E-state index in [1.807, 2.05) is 0 Å². The summed E-state index contributed by atoms with van der Waals surface area (Å²) in [4.78, 5) is 9.36. The van der Waals surface area contributed by atoms with Crippen molar-refractivity contribution in [3.8, 4) is 0 Å². The lowest BCUT2D eigenvalue weighted by Gasteiger charge is -2.33. The Kier molecular flexibility index (Phi) is 7.52. The van der Waals surface area contributed by atoms with E-state index in [1.54, 1.807) is 0 Å². The molecule has 0 aliphatic heterocycles. The van der Waals surface area contributed by atoms with E-state index < -0.39 is 9.76 Å². The predicted octanol–water partition coefficient (Wildman–Crippen LogP) is 4.43. The molecular formula is C17H34OSi. The van der Waals surface area contributed by atoms with Crippen molar-refractivity contribution in [2.75, 3.05) is 0 Å². The van der Waals surface area contributed by atoms with Gasteiger partial charge in [0.2, 0.25) is 0 Å². The summed E-state index contributed by atoms with van der Waals surface area (Å²) in [5, 5.41) is 0. The third-order valence-corrected chi connectivity index (χ3v) is 6.43. The molecular weight excluding hydrogens is 248 g/mol. The van der Waals surface area contributed by atoms with Crippen LogP contribution < -0.4 is 0 Å². The summed E-state index contributed by atoms with van der Waals surface area (Å²) in [6.45, 7) is 0. The van der Waals surface area contributed by atoms with Gasteiger partial charge in [0.05, 0.1) is 0 Å². The van der Waals surface area contributed by atoms with Gasteiger partial charge in [-0.05, 0) is 23.8 Å². The molecule has 2 aliphatic rings. The van der Waals surface area contributed by atoms with Crippen molar-refractivity contribution in [1.29, 1.82) is 0 Å². The number of hydrogen-bond acceptors (Lipinski definition) is 1. The third kappa shape index (κ3) is 5.22. The maximum atomic E-state index is 9.36. The van der Waals surface area contributed by atoms with Crippen molar-refractivity contribution in [3.63, 3.8) is 0 Å². The Morgan fingerprint density at radius 2 is 1.16 bits per heavy atom. The molecule has 2 saturated carbocycles. The first-order valence-corrected chi connectivity index (χ1v) is 10.7. The summed E-state index contributed by atoms with van der Waals surface area (Å²) in [6, 6.07) is 1.18. The van der Waals surface area contributed by atoms with Crippen LogP contribution in [0.15, 0.2) is 0 Å². The van der Waals surface area contributed by atoms with Gasteiger partial charge in [-0.3, -0.25) is 0 Å². The molecule has 0 saturated heterocycles. The molecule has 0 amide bonds. The molecule has 1 N–H and O–H groups in total. The highest BCUT2D eigenvalue weighted by molar-refractivity contribution is 6.25. The normalized spacial score (nSPS) is 24.9. The summed E-state index contributed by atoms with van der Waals surface area (Å²) in [6.07, 6.45) is 19.1. The molecule has 2 heteroatoms. The molecule has 1 nitrogen and oxygen atoms in total. The van der Waals surface area contributed by atoms with E-state index in [-0.39, 0.29) is 0 Å². The van der Waals surface area contributed by atoms with E-state index in [0.29, 0.717) is 0 Å². The fourth-order valence-electron chi connectivity index (χ4n) is 4.66. The minimum absolute atomic E-state index is 0.717. The van der Waals surface area contributed by atoms with E-state index in [2.05, 4.69) is 0 Å². The van der Waals surface area contributed by atoms with Gasteiger partial charge in [0, 0.05) is 0 Å². The van der Waals surface area contributed by atoms with E-state index in [4.69, 9.17) is 0 Å². The first-order valence-electron chi connectivity index (χ1n) is 9.02. The van der Waals surface area contributed by atoms with Gasteiger partial charge in [-0.1, -0.05) is 83.5 Å². The molecule has 2 aliphatic carbocycles. The first kappa shape index (κ1) is 15.6. The monoisotopic (exact) mass is 282 g/mol. The van der Waals surface area contributed by atoms with Crippen LogP contribution in [0.3, 0.4) is 0 Å². The molecule has 2 fully saturated rings. The lowest BCUT2D eigenvalue weighted by Crippen LogP contribution is -2.24. The molecule has 112 valence electrons. The smallest absolute Gasteiger partial charge is 0.156 e. The molecule has 0 unspecified atom stereocenters. The standard InChI is InChI=1S/C17H34OSi/c18-19-14-13-17(15-9-5-1-2-6-10-15)16-11-7-3-4-8-12-16/h15-18H,1-14,19H2. The molecule has 2 rings (SSSR count). The summed E-state index contributed by atoms with van der Waals surface area (Å²) in [5.74, 6) is 2.98. The van der Waals surface area contributed by atoms with Gasteiger partial charge in [-0.15, -0.1) is 0 Å². The fourth-order valence-corrected chi connectivity index (χ4v) is 5.32. The van der Waals surface area contributed by atoms with Gasteiger partial charge in [0.15, 0.2) is 9.76 Å². The van der Waals surface area contributed by atoms with Gasteiger partial charge < -0.3 is 4.80 Å². The Morgan fingerprint density at radius 1 is 0.737 bits per heavy atom. The second kappa shape index (κ2) is 9.18. The number of rotatable bonds is 5. The molecule has 0 radical (unpaired) electrons. The van der Waals surface area contributed by atoms with Gasteiger partial charge in [0.25, 0.3) is 0 Å². The van der Waals surface area contributed by atoms with Gasteiger partial charge in [0.1, 0.15) is 0 Å². The molecule has 19 heavy (non-hydrogen) atoms. The Labute approximate surface area is 122 Å². The SMILES string of the molecule is O[SiH2]CCC(C1CCCCCC1)C1CCCCCC1. The van der Waals surface area contributed by atoms with Crippen LogP contribution in [0.4, 0.5) is 0 Å². The minimum Gasteiger partial charge on any atom is -0.438 e. The highest BCUT2D eigenvalue weighted by atomic mass is 28.2. The average Bonchev–Trinajstić information content (AvgIpc) is 2.84. The van der Waals surface area contributed by atoms with Crippen LogP contribution in [0.2, 0.25) is 6.04 Å². The van der Waals surface area contributed by atoms with Crippen LogP contribution in [-0.2, 0) is 0 Å². The molecule has 0 aromatic rings. The molecule has 0 heterocycles. The summed E-state index contributed by atoms with van der Waals surface area (Å²) in [7, 11) is -0.717. The van der Waals surface area contributed by atoms with Crippen LogP contribution in [0.25, 0.3) is 0 Å². The zero-order valence-corrected chi connectivity index (χ0v) is 14.2. The minimum atomic E-state index is -0.717. The Morgan fingerprint density at radius 3 is 1.53 bits per heavy atom. The zero-order valence-electron chi connectivity index (χ0n) is 12.8. The fraction of sp³-hybridized carbons (Fsp3) is 1.00. The molecule has 0 aromatic carbocycles. The molecule has 0 aromatic heterocycles. The van der Waals surface area contributed by atoms with Crippen molar-refractivity contribution in [2.45, 2.75) is 89.5 Å². The van der Waals surface area contributed by atoms with E-state index >= 15 is 0 Å². The van der Waals surface area contributed by atoms with Crippen molar-refractivity contribution in [2.24, 2.45) is 17.8 Å². The highest BCUT2D eigenvalue weighted by Gasteiger charge is 2.29. The van der Waals surface area contributed by atoms with Crippen molar-refractivity contribution >= 4 is 9.76 Å². The molecule has 0 bridgehead atoms. The average molecular weight is 283 g/mol. The summed E-state index contributed by atoms with van der Waals surface area (Å²) in [5.41, 5.74) is 0. The summed E-state index contributed by atoms with van der Waals surface area (Å²) < 4.78 is 0. The molecule has 0 atom stereocenters. The van der Waals surface area contributed by atoms with Gasteiger partial charge >= 0.3 is 0 Å². The van der Waals surface area contributed by atoms with Crippen LogP contribution in [-0.4, -0.2) is 14.6 Å². The van der Waals surface area contributed by atoms with Crippen LogP contribution in [0.5, 0.6) is 0 Å². The van der Waals surface area contributed by atoms with Crippen molar-refractivity contribution < 1.29 is 4.80 Å². The second-order valence-electron chi connectivity index (χ2n) is 7.03. The first-order chi connectivity index (χ1) is 9.42. The lowest BCUT2D eigenvalue weighted by atomic mass is 9.73. The lowest BCUT2D eigenvalue weighted by molar-refractivity contribution is 0.180. The van der Waals surface area contributed by atoms with Crippen molar-refractivity contribution in [3.05, 3.63) is 0 Å². The topological polar surface area (TPSA) is 20.2 Å². The second-order valence-corrected chi connectivity index (χ2v) is 8.19. The van der Waals surface area contributed by atoms with Crippen LogP contribution in [0.1, 0.15) is 83.5 Å². The maximum Gasteiger partial charge on any atom is 0.156 e. The highest BCUT2D eigenvalue weighted by Crippen LogP contribution is 2.41. The summed E-state index contributed by atoms with van der Waals surface area (Å²) >= 11 is 0. The third-order valence-electron chi connectivity index (χ3n) is 5.71. The Bertz CT molecular complexity index is 195. The van der Waals surface area contributed by atoms with E-state index in [9.17, 15) is 4.80 Å². The van der Waals surface area contributed by atoms with Gasteiger partial charge in [-0.25, -0.2) is 0 Å². The van der Waals surface area contributed by atoms with Crippen molar-refractivity contribution in [1.82, 2.24) is 0 Å². The van der Waals surface area contributed by atoms with Crippen LogP contribution in [0, 0.1) is 17.8 Å². The largest absolute Gasteiger partial charge is 0.438 e. The predicted molar refractivity (Wildman–Crippen MR) is 86.1 cm³/mol. The van der Waals surface area contributed by atoms with E-state index in [0.717, 1.165) is 17.8 Å². The van der Waals surface area contributed by atoms with Gasteiger partial charge in [-0.2, -0.15) is 0 Å². The zero-order chi connectivity index (χ0) is 13.3. The van der Waals surface area contributed by atoms with E-state index in [1.165, 1.54) is 89.5 Å². The maximum absolute atomic E-state index is 9.36.